The monoisotopic (exact) mass is 1800 g/mol. The van der Waals surface area contributed by atoms with Gasteiger partial charge in [-0.2, -0.15) is 18.4 Å². The van der Waals surface area contributed by atoms with E-state index < -0.39 is 26.2 Å². The minimum atomic E-state index is -3.59. The van der Waals surface area contributed by atoms with Crippen molar-refractivity contribution in [3.8, 4) is 0 Å². The first-order valence-corrected chi connectivity index (χ1v) is 46.8. The summed E-state index contributed by atoms with van der Waals surface area (Å²) in [5.41, 5.74) is 18.3. The van der Waals surface area contributed by atoms with Crippen LogP contribution in [0.15, 0.2) is 372 Å². The summed E-state index contributed by atoms with van der Waals surface area (Å²) in [5, 5.41) is 17.5. The van der Waals surface area contributed by atoms with Crippen molar-refractivity contribution in [3.63, 3.8) is 0 Å². The molecule has 2 saturated heterocycles. The van der Waals surface area contributed by atoms with Crippen molar-refractivity contribution < 1.29 is 36.3 Å². The van der Waals surface area contributed by atoms with Gasteiger partial charge in [-0.15, -0.1) is 0 Å². The molecule has 2 fully saturated rings. The van der Waals surface area contributed by atoms with E-state index >= 15 is 0 Å². The van der Waals surface area contributed by atoms with E-state index in [1.165, 1.54) is 34.4 Å². The van der Waals surface area contributed by atoms with Crippen LogP contribution in [-0.2, 0) is 60.6 Å². The predicted molar refractivity (Wildman–Crippen MR) is 525 cm³/mol. The number of benzene rings is 12. The van der Waals surface area contributed by atoms with Crippen LogP contribution in [-0.4, -0.2) is 124 Å². The van der Waals surface area contributed by atoms with E-state index in [1.54, 1.807) is 53.4 Å². The van der Waals surface area contributed by atoms with Gasteiger partial charge in [0.15, 0.2) is 12.1 Å². The molecule has 4 aliphatic heterocycles. The molecule has 0 bridgehead atoms. The molecule has 16 rings (SSSR count). The molecule has 0 saturated carbocycles. The smallest absolute Gasteiger partial charge is 0.276 e. The zero-order valence-electron chi connectivity index (χ0n) is 72.1. The molecular formula is C107H109Cl3N8O8S2. The fraction of sp³-hybridized carbons (Fsp3) is 0.196. The molecule has 0 radical (unpaired) electrons. The Bertz CT molecular complexity index is 5910. The molecule has 1 unspecified atom stereocenters. The predicted octanol–water partition coefficient (Wildman–Crippen LogP) is 21.4. The Kier molecular flexibility index (Phi) is 38.4. The molecule has 658 valence electrons. The van der Waals surface area contributed by atoms with Crippen molar-refractivity contribution in [1.29, 1.82) is 0 Å². The maximum atomic E-state index is 13.5. The largest absolute Gasteiger partial charge is 0.384 e. The van der Waals surface area contributed by atoms with Gasteiger partial charge < -0.3 is 5.11 Å². The van der Waals surface area contributed by atoms with Crippen LogP contribution in [0.3, 0.4) is 0 Å². The third-order valence-electron chi connectivity index (χ3n) is 21.8. The number of nitrogens with two attached hydrogens (primary N) is 1. The number of halogens is 3. The summed E-state index contributed by atoms with van der Waals surface area (Å²) in [6.45, 7) is 14.6. The second-order valence-corrected chi connectivity index (χ2v) is 36.1. The van der Waals surface area contributed by atoms with E-state index in [0.717, 1.165) is 196 Å². The molecule has 0 spiro atoms. The fourth-order valence-electron chi connectivity index (χ4n) is 14.5. The van der Waals surface area contributed by atoms with Crippen molar-refractivity contribution in [2.45, 2.75) is 94.4 Å². The number of sulfonamides is 2. The molecule has 128 heavy (non-hydrogen) atoms. The second kappa shape index (κ2) is 50.7. The average molecular weight is 1810 g/mol. The van der Waals surface area contributed by atoms with Crippen LogP contribution in [0.25, 0.3) is 34.9 Å². The molecule has 4 aliphatic rings. The van der Waals surface area contributed by atoms with E-state index in [1.807, 2.05) is 202 Å². The van der Waals surface area contributed by atoms with E-state index in [4.69, 9.17) is 40.6 Å². The highest BCUT2D eigenvalue weighted by Crippen LogP contribution is 2.32. The lowest BCUT2D eigenvalue weighted by Gasteiger charge is -2.29. The highest BCUT2D eigenvalue weighted by atomic mass is 35.5. The van der Waals surface area contributed by atoms with Gasteiger partial charge in [0.05, 0.1) is 9.79 Å². The first kappa shape index (κ1) is 96.9. The number of nitrogens with zero attached hydrogens (tertiary/aromatic N) is 5. The number of Topliss-reactive ketones (excluding diaryl/α,β-unsaturated/α-hetero) is 2. The molecule has 21 heteroatoms. The minimum Gasteiger partial charge on any atom is -0.384 e. The SMILES string of the molecule is Cc1ccc(S(=O)(=O)NN)cc1.Cc1ccc(S(=O)(=O)NN=C2CCN(Cc3ccccc3)CC2)cc1.O=C(C1=CCN(Cc2ccccc2)CC1)/C(=C/c1ccc(Cl)cc1)c1ccccc1.O=C/C(=C/c1ccc(Cl)cc1)c1ccccc1.O=C1CCN(Cc2ccccc2)CC1.OC(C1=CCN(Cc2ccccc2)CC1)/C(=C/c1ccc(Cl)cc1)c1ccccc1. The Hall–Kier alpha value is -11.7. The van der Waals surface area contributed by atoms with Crippen LogP contribution in [0.5, 0.6) is 0 Å². The number of aliphatic hydroxyl groups is 1. The first-order valence-electron chi connectivity index (χ1n) is 42.7. The zero-order valence-corrected chi connectivity index (χ0v) is 76.0. The van der Waals surface area contributed by atoms with Crippen molar-refractivity contribution in [3.05, 3.63) is 439 Å². The van der Waals surface area contributed by atoms with Crippen LogP contribution in [0.2, 0.25) is 15.1 Å². The van der Waals surface area contributed by atoms with Gasteiger partial charge in [-0.1, -0.05) is 331 Å². The number of carbonyl (C=O) groups is 3. The number of piperidine rings is 2. The molecule has 4 heterocycles. The molecule has 16 nitrogen and oxygen atoms in total. The van der Waals surface area contributed by atoms with E-state index in [9.17, 15) is 36.3 Å². The minimum absolute atomic E-state index is 0.107. The van der Waals surface area contributed by atoms with Crippen LogP contribution in [0.1, 0.15) is 105 Å². The number of nitrogens with one attached hydrogen (secondary N) is 2. The Morgan fingerprint density at radius 2 is 0.766 bits per heavy atom. The summed E-state index contributed by atoms with van der Waals surface area (Å²) in [6.07, 6.45) is 15.0. The molecule has 0 aliphatic carbocycles. The van der Waals surface area contributed by atoms with Crippen molar-refractivity contribution in [2.75, 3.05) is 52.4 Å². The first-order chi connectivity index (χ1) is 62.1. The van der Waals surface area contributed by atoms with Crippen molar-refractivity contribution >= 4 is 113 Å². The molecule has 0 amide bonds. The summed E-state index contributed by atoms with van der Waals surface area (Å²) in [6, 6.07) is 107. The number of aliphatic hydroxyl groups excluding tert-OH is 1. The normalized spacial score (nSPS) is 15.0. The third-order valence-corrected chi connectivity index (χ3v) is 25.0. The molecule has 12 aromatic carbocycles. The van der Waals surface area contributed by atoms with Crippen molar-refractivity contribution in [2.24, 2.45) is 10.9 Å². The van der Waals surface area contributed by atoms with Gasteiger partial charge in [-0.05, 0) is 178 Å². The van der Waals surface area contributed by atoms with Crippen LogP contribution < -0.4 is 15.5 Å². The van der Waals surface area contributed by atoms with Gasteiger partial charge in [0.1, 0.15) is 11.9 Å². The number of carbonyl (C=O) groups excluding carboxylic acids is 3. The van der Waals surface area contributed by atoms with Gasteiger partial charge in [0, 0.05) is 136 Å². The number of aryl methyl sites for hydroxylation is 2. The number of likely N-dealkylation sites (tertiary alicyclic amines) is 2. The Balaban J connectivity index is 0.000000153. The average Bonchev–Trinajstić information content (AvgIpc) is 0.817. The fourth-order valence-corrected chi connectivity index (χ4v) is 16.4. The second-order valence-electron chi connectivity index (χ2n) is 31.4. The Morgan fingerprint density at radius 3 is 1.16 bits per heavy atom. The molecule has 1 atom stereocenters. The summed E-state index contributed by atoms with van der Waals surface area (Å²) in [7, 11) is -7.08. The molecular weight excluding hydrogens is 1700 g/mol. The van der Waals surface area contributed by atoms with Gasteiger partial charge in [-0.25, -0.2) is 13.2 Å². The van der Waals surface area contributed by atoms with Gasteiger partial charge >= 0.3 is 0 Å². The zero-order chi connectivity index (χ0) is 90.3. The Morgan fingerprint density at radius 1 is 0.414 bits per heavy atom. The number of allylic oxidation sites excluding steroid dienone is 2. The van der Waals surface area contributed by atoms with E-state index in [2.05, 4.69) is 145 Å². The van der Waals surface area contributed by atoms with Crippen molar-refractivity contribution in [1.82, 2.24) is 29.3 Å². The third kappa shape index (κ3) is 32.3. The number of rotatable bonds is 24. The maximum Gasteiger partial charge on any atom is 0.276 e. The van der Waals surface area contributed by atoms with Crippen LogP contribution in [0, 0.1) is 13.8 Å². The van der Waals surface area contributed by atoms with Gasteiger partial charge in [0.2, 0.25) is 0 Å². The molecule has 5 N–H and O–H groups in total. The maximum absolute atomic E-state index is 13.5. The summed E-state index contributed by atoms with van der Waals surface area (Å²) >= 11 is 17.9. The topological polar surface area (TPSA) is 215 Å². The van der Waals surface area contributed by atoms with E-state index in [-0.39, 0.29) is 15.6 Å². The lowest BCUT2D eigenvalue weighted by molar-refractivity contribution is -0.121. The van der Waals surface area contributed by atoms with Gasteiger partial charge in [-0.3, -0.25) is 39.8 Å². The number of ketones is 2. The molecule has 12 aromatic rings. The van der Waals surface area contributed by atoms with Crippen LogP contribution >= 0.6 is 34.8 Å². The van der Waals surface area contributed by atoms with E-state index in [0.29, 0.717) is 26.4 Å². The lowest BCUT2D eigenvalue weighted by atomic mass is 9.90. The quantitative estimate of drug-likeness (QED) is 0.0111. The highest BCUT2D eigenvalue weighted by molar-refractivity contribution is 7.89. The number of aldehydes is 1. The summed E-state index contributed by atoms with van der Waals surface area (Å²) < 4.78 is 46.7. The summed E-state index contributed by atoms with van der Waals surface area (Å²) in [4.78, 5) is 49.6. The van der Waals surface area contributed by atoms with Gasteiger partial charge in [0.25, 0.3) is 20.0 Å². The number of hydrogen-bond donors (Lipinski definition) is 4. The number of hydrazine groups is 1. The lowest BCUT2D eigenvalue weighted by Crippen LogP contribution is -2.34. The summed E-state index contributed by atoms with van der Waals surface area (Å²) in [5.74, 6) is 5.36. The molecule has 0 aromatic heterocycles. The number of hydrogen-bond acceptors (Lipinski definition) is 14. The highest BCUT2D eigenvalue weighted by Gasteiger charge is 2.25. The number of hydrazone groups is 1. The standard InChI is InChI=1S/C27H26ClNO.C27H24ClNO.C19H23N3O2S.C15H11ClO.C12H15NO.C7H10N2O2S/c2*28-25-13-11-21(12-14-25)19-26(23-9-5-2-6-10-23)27(30)24-15-17-29(18-16-24)20-22-7-3-1-4-8-22;1-16-7-9-19(10-8-16)25(23,24)21-20-18-11-13-22(14-12-18)15-17-5-3-2-4-6-17;16-15-8-6-12(7-9-15)10-14(11-17)13-4-2-1-3-5-13;14-12-6-8-13(9-7-12)10-11-4-2-1-3-5-11;1-6-2-4-7(5-3-6)12(10,11)9-8/h1-15,19,27,30H,16-18,20H2;1-15,19H,16-18,20H2;2-10,21H,11-15H2,1H3;1-11H;1-5H,6-10H2;2-5,9H,8H2,1H3/b2*26-19+;;14-10-;;. The van der Waals surface area contributed by atoms with Crippen LogP contribution in [0.4, 0.5) is 0 Å². The Labute approximate surface area is 769 Å².